The molecule has 3 heterocycles. The third-order valence-electron chi connectivity index (χ3n) is 3.33. The normalized spacial score (nSPS) is 28.6. The Labute approximate surface area is 127 Å². The molecule has 13 heteroatoms. The van der Waals surface area contributed by atoms with E-state index in [0.717, 1.165) is 12.7 Å². The molecule has 0 bridgehead atoms. The maximum Gasteiger partial charge on any atom is 0.469 e. The minimum Gasteiger partial charge on any atom is -0.387 e. The van der Waals surface area contributed by atoms with Crippen LogP contribution >= 0.6 is 7.82 Å². The molecule has 2 aromatic rings. The highest BCUT2D eigenvalue weighted by Gasteiger charge is 2.45. The first kappa shape index (κ1) is 16.3. The van der Waals surface area contributed by atoms with E-state index in [1.807, 2.05) is 0 Å². The Morgan fingerprint density at radius 3 is 2.74 bits per heavy atom. The summed E-state index contributed by atoms with van der Waals surface area (Å²) in [7, 11) is -4.75. The average Bonchev–Trinajstić information content (AvgIpc) is 3.01. The topological polar surface area (TPSA) is 160 Å². The molecule has 1 aliphatic heterocycles. The number of aromatic nitrogens is 4. The first-order valence-corrected chi connectivity index (χ1v) is 7.85. The summed E-state index contributed by atoms with van der Waals surface area (Å²) in [6.07, 6.45) is -3.22. The molecule has 1 fully saturated rings. The van der Waals surface area contributed by atoms with Crippen molar-refractivity contribution < 1.29 is 38.2 Å². The van der Waals surface area contributed by atoms with Crippen LogP contribution in [0.4, 0.5) is 4.39 Å². The van der Waals surface area contributed by atoms with E-state index in [1.54, 1.807) is 0 Å². The number of phosphoric ester groups is 1. The Morgan fingerprint density at radius 1 is 1.30 bits per heavy atom. The van der Waals surface area contributed by atoms with E-state index < -0.39 is 44.9 Å². The SMILES string of the molecule is O=P(O)(O)OC[C@H]1O[C@@H](n2cnc3c(F)ncnc32)[C@H](O)[C@@H]1O. The number of imidazole rings is 1. The highest BCUT2D eigenvalue weighted by molar-refractivity contribution is 7.46. The Hall–Kier alpha value is -1.53. The second-order valence-electron chi connectivity index (χ2n) is 4.82. The van der Waals surface area contributed by atoms with Crippen LogP contribution in [0.25, 0.3) is 11.2 Å². The Bertz CT molecular complexity index is 767. The van der Waals surface area contributed by atoms with Crippen LogP contribution < -0.4 is 0 Å². The van der Waals surface area contributed by atoms with Crippen molar-refractivity contribution in [2.75, 3.05) is 6.61 Å². The lowest BCUT2D eigenvalue weighted by Crippen LogP contribution is -2.33. The molecule has 4 atom stereocenters. The molecule has 0 amide bonds. The smallest absolute Gasteiger partial charge is 0.387 e. The van der Waals surface area contributed by atoms with Crippen LogP contribution in [0.1, 0.15) is 6.23 Å². The highest BCUT2D eigenvalue weighted by Crippen LogP contribution is 2.38. The van der Waals surface area contributed by atoms with Crippen molar-refractivity contribution in [3.8, 4) is 0 Å². The second-order valence-corrected chi connectivity index (χ2v) is 6.06. The largest absolute Gasteiger partial charge is 0.469 e. The van der Waals surface area contributed by atoms with Gasteiger partial charge in [0.15, 0.2) is 17.4 Å². The van der Waals surface area contributed by atoms with Crippen molar-refractivity contribution in [1.29, 1.82) is 0 Å². The van der Waals surface area contributed by atoms with Gasteiger partial charge in [-0.25, -0.2) is 19.5 Å². The fourth-order valence-electron chi connectivity index (χ4n) is 2.28. The van der Waals surface area contributed by atoms with E-state index >= 15 is 0 Å². The standard InChI is InChI=1S/C10H12FN4O7P/c11-8-5-9(13-2-12-8)15(3-14-5)10-7(17)6(16)4(22-10)1-21-23(18,19)20/h2-4,6-7,10,16-17H,1H2,(H2,18,19,20)/t4-,6-,7-,10-/m1/s1. The lowest BCUT2D eigenvalue weighted by atomic mass is 10.1. The Balaban J connectivity index is 1.85. The third-order valence-corrected chi connectivity index (χ3v) is 3.82. The van der Waals surface area contributed by atoms with Crippen molar-refractivity contribution in [3.05, 3.63) is 18.6 Å². The molecule has 126 valence electrons. The molecule has 23 heavy (non-hydrogen) atoms. The number of phosphoric acid groups is 1. The average molecular weight is 350 g/mol. The molecule has 2 aromatic heterocycles. The number of fused-ring (bicyclic) bond motifs is 1. The lowest BCUT2D eigenvalue weighted by Gasteiger charge is -2.16. The van der Waals surface area contributed by atoms with Gasteiger partial charge in [-0.1, -0.05) is 0 Å². The van der Waals surface area contributed by atoms with Gasteiger partial charge in [0.2, 0.25) is 5.95 Å². The van der Waals surface area contributed by atoms with E-state index in [2.05, 4.69) is 19.5 Å². The monoisotopic (exact) mass is 350 g/mol. The fraction of sp³-hybridized carbons (Fsp3) is 0.500. The van der Waals surface area contributed by atoms with Crippen LogP contribution in [-0.2, 0) is 13.8 Å². The quantitative estimate of drug-likeness (QED) is 0.385. The number of hydrogen-bond acceptors (Lipinski definition) is 8. The first-order valence-electron chi connectivity index (χ1n) is 6.32. The first-order chi connectivity index (χ1) is 10.8. The van der Waals surface area contributed by atoms with Crippen LogP contribution in [0.2, 0.25) is 0 Å². The zero-order valence-corrected chi connectivity index (χ0v) is 12.2. The van der Waals surface area contributed by atoms with Gasteiger partial charge in [-0.05, 0) is 0 Å². The lowest BCUT2D eigenvalue weighted by molar-refractivity contribution is -0.0504. The molecule has 0 saturated carbocycles. The van der Waals surface area contributed by atoms with Gasteiger partial charge in [-0.15, -0.1) is 0 Å². The molecule has 0 radical (unpaired) electrons. The van der Waals surface area contributed by atoms with Gasteiger partial charge in [0, 0.05) is 0 Å². The van der Waals surface area contributed by atoms with Gasteiger partial charge in [0.1, 0.15) is 24.6 Å². The Morgan fingerprint density at radius 2 is 2.04 bits per heavy atom. The number of halogens is 1. The van der Waals surface area contributed by atoms with Crippen LogP contribution in [0.15, 0.2) is 12.7 Å². The Kier molecular flexibility index (Phi) is 4.14. The summed E-state index contributed by atoms with van der Waals surface area (Å²) >= 11 is 0. The molecule has 1 saturated heterocycles. The molecule has 0 unspecified atom stereocenters. The molecule has 3 rings (SSSR count). The zero-order chi connectivity index (χ0) is 16.8. The molecule has 4 N–H and O–H groups in total. The van der Waals surface area contributed by atoms with E-state index in [0.29, 0.717) is 0 Å². The summed E-state index contributed by atoms with van der Waals surface area (Å²) in [6.45, 7) is -0.644. The molecular weight excluding hydrogens is 338 g/mol. The minimum atomic E-state index is -4.75. The molecule has 0 spiro atoms. The number of aliphatic hydroxyl groups excluding tert-OH is 2. The number of rotatable bonds is 4. The van der Waals surface area contributed by atoms with Gasteiger partial charge in [0.25, 0.3) is 0 Å². The van der Waals surface area contributed by atoms with Gasteiger partial charge < -0.3 is 24.7 Å². The predicted octanol–water partition coefficient (Wildman–Crippen LogP) is -1.31. The van der Waals surface area contributed by atoms with Crippen molar-refractivity contribution >= 4 is 19.0 Å². The second kappa shape index (κ2) is 5.83. The predicted molar refractivity (Wildman–Crippen MR) is 69.2 cm³/mol. The molecule has 0 aromatic carbocycles. The van der Waals surface area contributed by atoms with Crippen LogP contribution in [0, 0.1) is 5.95 Å². The van der Waals surface area contributed by atoms with Crippen LogP contribution in [0.3, 0.4) is 0 Å². The minimum absolute atomic E-state index is 0.0327. The van der Waals surface area contributed by atoms with E-state index in [-0.39, 0.29) is 11.2 Å². The third kappa shape index (κ3) is 3.10. The highest BCUT2D eigenvalue weighted by atomic mass is 31.2. The summed E-state index contributed by atoms with van der Waals surface area (Å²) in [5.74, 6) is -0.858. The van der Waals surface area contributed by atoms with Crippen molar-refractivity contribution in [1.82, 2.24) is 19.5 Å². The summed E-state index contributed by atoms with van der Waals surface area (Å²) < 4.78 is 35.0. The van der Waals surface area contributed by atoms with Crippen LogP contribution in [0.5, 0.6) is 0 Å². The van der Waals surface area contributed by atoms with E-state index in [1.165, 1.54) is 4.57 Å². The number of hydrogen-bond donors (Lipinski definition) is 4. The van der Waals surface area contributed by atoms with E-state index in [4.69, 9.17) is 14.5 Å². The molecule has 0 aliphatic carbocycles. The van der Waals surface area contributed by atoms with Crippen LogP contribution in [-0.4, -0.2) is 64.4 Å². The fourth-order valence-corrected chi connectivity index (χ4v) is 2.62. The maximum absolute atomic E-state index is 13.5. The van der Waals surface area contributed by atoms with Crippen molar-refractivity contribution in [2.24, 2.45) is 0 Å². The van der Waals surface area contributed by atoms with Gasteiger partial charge in [-0.2, -0.15) is 4.39 Å². The number of ether oxygens (including phenoxy) is 1. The summed E-state index contributed by atoms with van der Waals surface area (Å²) in [5, 5.41) is 19.9. The molecule has 11 nitrogen and oxygen atoms in total. The zero-order valence-electron chi connectivity index (χ0n) is 11.3. The maximum atomic E-state index is 13.5. The summed E-state index contributed by atoms with van der Waals surface area (Å²) in [6, 6.07) is 0. The number of nitrogens with zero attached hydrogens (tertiary/aromatic N) is 4. The van der Waals surface area contributed by atoms with Gasteiger partial charge >= 0.3 is 7.82 Å². The number of aliphatic hydroxyl groups is 2. The molecule has 1 aliphatic rings. The van der Waals surface area contributed by atoms with Gasteiger partial charge in [0.05, 0.1) is 12.9 Å². The van der Waals surface area contributed by atoms with Crippen molar-refractivity contribution in [3.63, 3.8) is 0 Å². The molecular formula is C10H12FN4O7P. The summed E-state index contributed by atoms with van der Waals surface area (Å²) in [5.41, 5.74) is -0.113. The van der Waals surface area contributed by atoms with Gasteiger partial charge in [-0.3, -0.25) is 9.09 Å². The van der Waals surface area contributed by atoms with E-state index in [9.17, 15) is 19.2 Å². The van der Waals surface area contributed by atoms with Crippen molar-refractivity contribution in [2.45, 2.75) is 24.5 Å². The summed E-state index contributed by atoms with van der Waals surface area (Å²) in [4.78, 5) is 28.3.